The number of aliphatic imine (C=N–C) groups is 1. The van der Waals surface area contributed by atoms with Gasteiger partial charge in [-0.2, -0.15) is 0 Å². The van der Waals surface area contributed by atoms with Crippen LogP contribution in [0.4, 0.5) is 0 Å². The summed E-state index contributed by atoms with van der Waals surface area (Å²) in [7, 11) is 3.42. The lowest BCUT2D eigenvalue weighted by atomic mass is 10.1. The van der Waals surface area contributed by atoms with Gasteiger partial charge in [-0.25, -0.2) is 4.98 Å². The van der Waals surface area contributed by atoms with Gasteiger partial charge in [0, 0.05) is 36.5 Å². The van der Waals surface area contributed by atoms with Gasteiger partial charge in [0.25, 0.3) is 0 Å². The molecule has 3 rings (SSSR count). The van der Waals surface area contributed by atoms with Crippen molar-refractivity contribution in [3.05, 3.63) is 52.4 Å². The Hall–Kier alpha value is -2.87. The van der Waals surface area contributed by atoms with E-state index in [1.807, 2.05) is 24.3 Å². The maximum atomic E-state index is 5.42. The fraction of sp³-hybridized carbons (Fsp3) is 0.381. The van der Waals surface area contributed by atoms with E-state index in [0.717, 1.165) is 51.9 Å². The summed E-state index contributed by atoms with van der Waals surface area (Å²) in [5, 5.41) is 13.9. The molecule has 2 N–H and O–H groups in total. The van der Waals surface area contributed by atoms with E-state index in [-0.39, 0.29) is 0 Å². The van der Waals surface area contributed by atoms with E-state index >= 15 is 0 Å². The zero-order valence-electron chi connectivity index (χ0n) is 17.3. The van der Waals surface area contributed by atoms with E-state index < -0.39 is 0 Å². The molecule has 8 heteroatoms. The number of methoxy groups -OCH3 is 1. The summed E-state index contributed by atoms with van der Waals surface area (Å²) in [5.41, 5.74) is 4.16. The number of ether oxygens (including phenoxy) is 1. The number of rotatable bonds is 8. The highest BCUT2D eigenvalue weighted by molar-refractivity contribution is 7.13. The zero-order chi connectivity index (χ0) is 20.6. The van der Waals surface area contributed by atoms with Crippen LogP contribution in [0.2, 0.25) is 0 Å². The summed E-state index contributed by atoms with van der Waals surface area (Å²) in [5.74, 6) is 2.48. The van der Waals surface area contributed by atoms with Crippen LogP contribution >= 0.6 is 11.3 Å². The highest BCUT2D eigenvalue weighted by Gasteiger charge is 2.14. The number of hydrogen-bond acceptors (Lipinski definition) is 6. The van der Waals surface area contributed by atoms with Gasteiger partial charge in [0.15, 0.2) is 5.96 Å². The van der Waals surface area contributed by atoms with Crippen molar-refractivity contribution in [2.75, 3.05) is 14.2 Å². The van der Waals surface area contributed by atoms with Crippen molar-refractivity contribution in [2.45, 2.75) is 39.8 Å². The second-order valence-corrected chi connectivity index (χ2v) is 7.25. The van der Waals surface area contributed by atoms with E-state index in [9.17, 15) is 0 Å². The van der Waals surface area contributed by atoms with Crippen molar-refractivity contribution in [1.29, 1.82) is 0 Å². The second-order valence-electron chi connectivity index (χ2n) is 6.39. The molecule has 0 amide bonds. The van der Waals surface area contributed by atoms with Crippen LogP contribution in [0.15, 0.2) is 39.2 Å². The lowest BCUT2D eigenvalue weighted by Gasteiger charge is -2.11. The van der Waals surface area contributed by atoms with Crippen molar-refractivity contribution in [2.24, 2.45) is 4.99 Å². The quantitative estimate of drug-likeness (QED) is 0.432. The molecule has 0 aliphatic heterocycles. The molecule has 0 spiro atoms. The molecule has 0 radical (unpaired) electrons. The molecule has 0 saturated heterocycles. The third-order valence-corrected chi connectivity index (χ3v) is 5.53. The van der Waals surface area contributed by atoms with Crippen molar-refractivity contribution < 1.29 is 9.26 Å². The van der Waals surface area contributed by atoms with Gasteiger partial charge < -0.3 is 19.9 Å². The SMILES string of the molecule is CCc1noc(CC)c1CNC(=NC)NCc1csc(-c2ccc(OC)cc2)n1. The molecule has 0 unspecified atom stereocenters. The van der Waals surface area contributed by atoms with E-state index in [1.165, 1.54) is 0 Å². The van der Waals surface area contributed by atoms with Gasteiger partial charge in [0.05, 0.1) is 25.0 Å². The Balaban J connectivity index is 1.57. The first-order chi connectivity index (χ1) is 14.2. The Bertz CT molecular complexity index is 925. The first-order valence-electron chi connectivity index (χ1n) is 9.68. The average Bonchev–Trinajstić information content (AvgIpc) is 3.40. The molecule has 3 aromatic rings. The van der Waals surface area contributed by atoms with Gasteiger partial charge in [0.1, 0.15) is 16.5 Å². The highest BCUT2D eigenvalue weighted by Crippen LogP contribution is 2.25. The second kappa shape index (κ2) is 10.1. The molecule has 154 valence electrons. The van der Waals surface area contributed by atoms with Crippen molar-refractivity contribution >= 4 is 17.3 Å². The topological polar surface area (TPSA) is 84.6 Å². The van der Waals surface area contributed by atoms with Gasteiger partial charge in [-0.3, -0.25) is 4.99 Å². The van der Waals surface area contributed by atoms with Gasteiger partial charge >= 0.3 is 0 Å². The number of nitrogens with one attached hydrogen (secondary N) is 2. The van der Waals surface area contributed by atoms with E-state index in [0.29, 0.717) is 19.0 Å². The Labute approximate surface area is 175 Å². The molecule has 0 fully saturated rings. The monoisotopic (exact) mass is 413 g/mol. The smallest absolute Gasteiger partial charge is 0.191 e. The van der Waals surface area contributed by atoms with Crippen molar-refractivity contribution in [3.8, 4) is 16.3 Å². The Morgan fingerprint density at radius 3 is 2.55 bits per heavy atom. The van der Waals surface area contributed by atoms with Crippen molar-refractivity contribution in [3.63, 3.8) is 0 Å². The van der Waals surface area contributed by atoms with E-state index in [4.69, 9.17) is 14.2 Å². The average molecular weight is 414 g/mol. The van der Waals surface area contributed by atoms with Crippen LogP contribution in [-0.4, -0.2) is 30.3 Å². The molecular weight excluding hydrogens is 386 g/mol. The molecule has 0 aliphatic rings. The molecule has 1 aromatic carbocycles. The Kier molecular flexibility index (Phi) is 7.24. The summed E-state index contributed by atoms with van der Waals surface area (Å²) in [6.45, 7) is 5.37. The number of nitrogens with zero attached hydrogens (tertiary/aromatic N) is 3. The largest absolute Gasteiger partial charge is 0.497 e. The fourth-order valence-corrected chi connectivity index (χ4v) is 3.78. The maximum Gasteiger partial charge on any atom is 0.191 e. The van der Waals surface area contributed by atoms with Crippen LogP contribution in [0.25, 0.3) is 10.6 Å². The fourth-order valence-electron chi connectivity index (χ4n) is 2.96. The predicted molar refractivity (Wildman–Crippen MR) is 116 cm³/mol. The van der Waals surface area contributed by atoms with E-state index in [1.54, 1.807) is 25.5 Å². The van der Waals surface area contributed by atoms with Gasteiger partial charge in [0.2, 0.25) is 0 Å². The van der Waals surface area contributed by atoms with Crippen LogP contribution in [-0.2, 0) is 25.9 Å². The van der Waals surface area contributed by atoms with Crippen molar-refractivity contribution in [1.82, 2.24) is 20.8 Å². The van der Waals surface area contributed by atoms with Gasteiger partial charge in [-0.15, -0.1) is 11.3 Å². The number of aryl methyl sites for hydroxylation is 2. The van der Waals surface area contributed by atoms with Crippen LogP contribution < -0.4 is 15.4 Å². The lowest BCUT2D eigenvalue weighted by molar-refractivity contribution is 0.380. The zero-order valence-corrected chi connectivity index (χ0v) is 18.1. The standard InChI is InChI=1S/C21H27N5O2S/c1-5-18-17(19(6-2)28-26-18)12-24-21(22-3)23-11-15-13-29-20(25-15)14-7-9-16(27-4)10-8-14/h7-10,13H,5-6,11-12H2,1-4H3,(H2,22,23,24). The van der Waals surface area contributed by atoms with Gasteiger partial charge in [-0.1, -0.05) is 19.0 Å². The summed E-state index contributed by atoms with van der Waals surface area (Å²) in [6.07, 6.45) is 1.67. The summed E-state index contributed by atoms with van der Waals surface area (Å²) >= 11 is 1.62. The number of guanidine groups is 1. The van der Waals surface area contributed by atoms with Gasteiger partial charge in [-0.05, 0) is 30.7 Å². The minimum Gasteiger partial charge on any atom is -0.497 e. The van der Waals surface area contributed by atoms with Crippen LogP contribution in [0.5, 0.6) is 5.75 Å². The predicted octanol–water partition coefficient (Wildman–Crippen LogP) is 3.80. The molecule has 7 nitrogen and oxygen atoms in total. The molecule has 2 heterocycles. The summed E-state index contributed by atoms with van der Waals surface area (Å²) < 4.78 is 10.6. The molecule has 2 aromatic heterocycles. The number of benzene rings is 1. The van der Waals surface area contributed by atoms with Crippen LogP contribution in [0.1, 0.15) is 36.6 Å². The molecule has 0 bridgehead atoms. The minimum absolute atomic E-state index is 0.594. The Morgan fingerprint density at radius 2 is 1.90 bits per heavy atom. The summed E-state index contributed by atoms with van der Waals surface area (Å²) in [4.78, 5) is 9.02. The van der Waals surface area contributed by atoms with Crippen LogP contribution in [0, 0.1) is 0 Å². The first kappa shape index (κ1) is 20.9. The summed E-state index contributed by atoms with van der Waals surface area (Å²) in [6, 6.07) is 7.93. The molecule has 29 heavy (non-hydrogen) atoms. The minimum atomic E-state index is 0.594. The molecule has 0 atom stereocenters. The Morgan fingerprint density at radius 1 is 1.14 bits per heavy atom. The molecule has 0 saturated carbocycles. The lowest BCUT2D eigenvalue weighted by Crippen LogP contribution is -2.36. The number of thiazole rings is 1. The van der Waals surface area contributed by atoms with Crippen LogP contribution in [0.3, 0.4) is 0 Å². The third-order valence-electron chi connectivity index (χ3n) is 4.59. The maximum absolute atomic E-state index is 5.42. The molecular formula is C21H27N5O2S. The number of hydrogen-bond donors (Lipinski definition) is 2. The molecule has 0 aliphatic carbocycles. The first-order valence-corrected chi connectivity index (χ1v) is 10.6. The third kappa shape index (κ3) is 5.14. The number of aromatic nitrogens is 2. The highest BCUT2D eigenvalue weighted by atomic mass is 32.1. The van der Waals surface area contributed by atoms with E-state index in [2.05, 4.69) is 40.0 Å². The normalized spacial score (nSPS) is 11.5.